The molecule has 0 amide bonds. The molecule has 7 heteroatoms. The third-order valence-electron chi connectivity index (χ3n) is 3.17. The van der Waals surface area contributed by atoms with E-state index in [-0.39, 0.29) is 22.9 Å². The Morgan fingerprint density at radius 2 is 1.78 bits per heavy atom. The molecule has 0 aliphatic rings. The van der Waals surface area contributed by atoms with Gasteiger partial charge in [0.25, 0.3) is 0 Å². The smallest absolute Gasteiger partial charge is 0.335 e. The highest BCUT2D eigenvalue weighted by molar-refractivity contribution is 7.92. The first-order valence-corrected chi connectivity index (χ1v) is 9.06. The van der Waals surface area contributed by atoms with Gasteiger partial charge in [-0.05, 0) is 35.7 Å². The van der Waals surface area contributed by atoms with Crippen LogP contribution in [0.1, 0.15) is 21.5 Å². The molecule has 0 fully saturated rings. The summed E-state index contributed by atoms with van der Waals surface area (Å²) < 4.78 is 26.7. The third-order valence-corrected chi connectivity index (χ3v) is 4.77. The lowest BCUT2D eigenvalue weighted by Gasteiger charge is -2.10. The Kier molecular flexibility index (Phi) is 5.63. The van der Waals surface area contributed by atoms with Crippen molar-refractivity contribution in [3.05, 3.63) is 65.2 Å². The number of benzene rings is 2. The molecule has 2 rings (SSSR count). The van der Waals surface area contributed by atoms with Gasteiger partial charge in [-0.25, -0.2) is 13.2 Å². The van der Waals surface area contributed by atoms with Gasteiger partial charge in [-0.3, -0.25) is 4.72 Å². The first-order valence-electron chi connectivity index (χ1n) is 6.87. The summed E-state index contributed by atoms with van der Waals surface area (Å²) in [7, 11) is -3.59. The number of rotatable bonds is 7. The number of carbonyl (C=O) groups is 1. The fourth-order valence-electron chi connectivity index (χ4n) is 2.08. The second-order valence-electron chi connectivity index (χ2n) is 5.01. The van der Waals surface area contributed by atoms with Gasteiger partial charge in [0.05, 0.1) is 11.3 Å². The summed E-state index contributed by atoms with van der Waals surface area (Å²) in [5.74, 6) is -1.13. The molecule has 0 atom stereocenters. The lowest BCUT2D eigenvalue weighted by molar-refractivity contribution is 0.0697. The van der Waals surface area contributed by atoms with Crippen molar-refractivity contribution in [2.75, 3.05) is 10.5 Å². The van der Waals surface area contributed by atoms with E-state index in [0.29, 0.717) is 12.0 Å². The predicted octanol–water partition coefficient (Wildman–Crippen LogP) is 3.11. The van der Waals surface area contributed by atoms with Crippen LogP contribution in [0.15, 0.2) is 48.5 Å². The van der Waals surface area contributed by atoms with Crippen molar-refractivity contribution in [2.45, 2.75) is 12.3 Å². The van der Waals surface area contributed by atoms with Gasteiger partial charge in [0.1, 0.15) is 0 Å². The molecule has 0 aliphatic carbocycles. The molecule has 2 aromatic rings. The van der Waals surface area contributed by atoms with Gasteiger partial charge in [-0.1, -0.05) is 30.3 Å². The number of halogens is 1. The minimum atomic E-state index is -3.59. The molecular weight excluding hydrogens is 338 g/mol. The molecule has 0 saturated heterocycles. The Bertz CT molecular complexity index is 791. The van der Waals surface area contributed by atoms with Gasteiger partial charge in [0.15, 0.2) is 0 Å². The van der Waals surface area contributed by atoms with E-state index in [9.17, 15) is 13.2 Å². The Balaban J connectivity index is 2.13. The highest BCUT2D eigenvalue weighted by Crippen LogP contribution is 2.18. The minimum absolute atomic E-state index is 0.0103. The van der Waals surface area contributed by atoms with Crippen molar-refractivity contribution in [2.24, 2.45) is 0 Å². The number of hydrogen-bond donors (Lipinski definition) is 2. The van der Waals surface area contributed by atoms with Gasteiger partial charge in [-0.2, -0.15) is 0 Å². The maximum atomic E-state index is 12.2. The van der Waals surface area contributed by atoms with Crippen molar-refractivity contribution in [1.29, 1.82) is 0 Å². The second-order valence-corrected chi connectivity index (χ2v) is 7.12. The van der Waals surface area contributed by atoms with E-state index in [1.54, 1.807) is 0 Å². The van der Waals surface area contributed by atoms with Crippen LogP contribution in [0, 0.1) is 0 Å². The molecule has 0 saturated carbocycles. The molecule has 2 aromatic carbocycles. The lowest BCUT2D eigenvalue weighted by atomic mass is 10.1. The van der Waals surface area contributed by atoms with E-state index < -0.39 is 16.0 Å². The highest BCUT2D eigenvalue weighted by Gasteiger charge is 2.13. The van der Waals surface area contributed by atoms with Crippen LogP contribution < -0.4 is 4.72 Å². The van der Waals surface area contributed by atoms with Crippen molar-refractivity contribution in [3.63, 3.8) is 0 Å². The lowest BCUT2D eigenvalue weighted by Crippen LogP contribution is -2.18. The standard InChI is InChI=1S/C16H16ClNO4S/c17-11-13-8-14(16(19)20)10-15(9-13)18-23(21,22)7-6-12-4-2-1-3-5-12/h1-5,8-10,18H,6-7,11H2,(H,19,20). The number of anilines is 1. The maximum Gasteiger partial charge on any atom is 0.335 e. The molecule has 23 heavy (non-hydrogen) atoms. The predicted molar refractivity (Wildman–Crippen MR) is 90.5 cm³/mol. The van der Waals surface area contributed by atoms with Gasteiger partial charge in [0, 0.05) is 11.6 Å². The van der Waals surface area contributed by atoms with Crippen molar-refractivity contribution >= 4 is 33.3 Å². The average molecular weight is 354 g/mol. The molecule has 0 spiro atoms. The Morgan fingerprint density at radius 3 is 2.39 bits per heavy atom. The Hall–Kier alpha value is -2.05. The summed E-state index contributed by atoms with van der Waals surface area (Å²) in [4.78, 5) is 11.1. The minimum Gasteiger partial charge on any atom is -0.478 e. The molecule has 0 aliphatic heterocycles. The number of sulfonamides is 1. The quantitative estimate of drug-likeness (QED) is 0.749. The van der Waals surface area contributed by atoms with E-state index >= 15 is 0 Å². The molecule has 2 N–H and O–H groups in total. The second kappa shape index (κ2) is 7.48. The Labute approximate surface area is 140 Å². The van der Waals surface area contributed by atoms with Crippen molar-refractivity contribution < 1.29 is 18.3 Å². The number of carboxylic acids is 1. The van der Waals surface area contributed by atoms with Gasteiger partial charge in [-0.15, -0.1) is 11.6 Å². The normalized spacial score (nSPS) is 11.2. The van der Waals surface area contributed by atoms with Gasteiger partial charge < -0.3 is 5.11 Å². The summed E-state index contributed by atoms with van der Waals surface area (Å²) in [6, 6.07) is 13.5. The molecule has 5 nitrogen and oxygen atoms in total. The fraction of sp³-hybridized carbons (Fsp3) is 0.188. The zero-order chi connectivity index (χ0) is 16.9. The number of alkyl halides is 1. The summed E-state index contributed by atoms with van der Waals surface area (Å²) in [6.07, 6.45) is 0.372. The zero-order valence-electron chi connectivity index (χ0n) is 12.2. The maximum absolute atomic E-state index is 12.2. The molecule has 0 bridgehead atoms. The SMILES string of the molecule is O=C(O)c1cc(CCl)cc(NS(=O)(=O)CCc2ccccc2)c1. The van der Waals surface area contributed by atoms with Crippen LogP contribution in [0.5, 0.6) is 0 Å². The summed E-state index contributed by atoms with van der Waals surface area (Å²) >= 11 is 5.72. The zero-order valence-corrected chi connectivity index (χ0v) is 13.8. The van der Waals surface area contributed by atoms with Crippen molar-refractivity contribution in [1.82, 2.24) is 0 Å². The highest BCUT2D eigenvalue weighted by atomic mass is 35.5. The van der Waals surface area contributed by atoms with Crippen LogP contribution in [0.2, 0.25) is 0 Å². The van der Waals surface area contributed by atoms with E-state index in [2.05, 4.69) is 4.72 Å². The van der Waals surface area contributed by atoms with E-state index in [1.807, 2.05) is 30.3 Å². The van der Waals surface area contributed by atoms with Crippen LogP contribution >= 0.6 is 11.6 Å². The van der Waals surface area contributed by atoms with Gasteiger partial charge >= 0.3 is 5.97 Å². The fourth-order valence-corrected chi connectivity index (χ4v) is 3.32. The third kappa shape index (κ3) is 5.26. The van der Waals surface area contributed by atoms with Crippen LogP contribution in [-0.4, -0.2) is 25.2 Å². The molecule has 122 valence electrons. The van der Waals surface area contributed by atoms with Crippen molar-refractivity contribution in [3.8, 4) is 0 Å². The number of carboxylic acid groups (broad SMARTS) is 1. The molecule has 0 heterocycles. The number of nitrogens with one attached hydrogen (secondary N) is 1. The average Bonchev–Trinajstić information content (AvgIpc) is 2.53. The summed E-state index contributed by atoms with van der Waals surface area (Å²) in [6.45, 7) is 0. The summed E-state index contributed by atoms with van der Waals surface area (Å²) in [5.41, 5.74) is 1.64. The van der Waals surface area contributed by atoms with E-state index in [1.165, 1.54) is 18.2 Å². The topological polar surface area (TPSA) is 83.5 Å². The first kappa shape index (κ1) is 17.3. The molecule has 0 aromatic heterocycles. The number of hydrogen-bond acceptors (Lipinski definition) is 3. The summed E-state index contributed by atoms with van der Waals surface area (Å²) in [5, 5.41) is 9.06. The van der Waals surface area contributed by atoms with Crippen LogP contribution in [0.4, 0.5) is 5.69 Å². The first-order chi connectivity index (χ1) is 10.9. The number of aromatic carboxylic acids is 1. The number of aryl methyl sites for hydroxylation is 1. The largest absolute Gasteiger partial charge is 0.478 e. The van der Waals surface area contributed by atoms with Crippen LogP contribution in [0.3, 0.4) is 0 Å². The monoisotopic (exact) mass is 353 g/mol. The van der Waals surface area contributed by atoms with Crippen LogP contribution in [0.25, 0.3) is 0 Å². The Morgan fingerprint density at radius 1 is 1.09 bits per heavy atom. The van der Waals surface area contributed by atoms with Crippen LogP contribution in [-0.2, 0) is 22.3 Å². The molecule has 0 unspecified atom stereocenters. The molecular formula is C16H16ClNO4S. The van der Waals surface area contributed by atoms with E-state index in [4.69, 9.17) is 16.7 Å². The van der Waals surface area contributed by atoms with Gasteiger partial charge in [0.2, 0.25) is 10.0 Å². The molecule has 0 radical (unpaired) electrons. The van der Waals surface area contributed by atoms with E-state index in [0.717, 1.165) is 5.56 Å².